The van der Waals surface area contributed by atoms with Gasteiger partial charge >= 0.3 is 0 Å². The lowest BCUT2D eigenvalue weighted by Crippen LogP contribution is -2.09. The van der Waals surface area contributed by atoms with E-state index in [1.807, 2.05) is 19.1 Å². The molecule has 2 aromatic heterocycles. The average Bonchev–Trinajstić information content (AvgIpc) is 2.84. The van der Waals surface area contributed by atoms with Crippen molar-refractivity contribution in [3.8, 4) is 5.69 Å². The van der Waals surface area contributed by atoms with Gasteiger partial charge < -0.3 is 4.98 Å². The lowest BCUT2D eigenvalue weighted by Gasteiger charge is -2.04. The van der Waals surface area contributed by atoms with Crippen LogP contribution in [0.3, 0.4) is 0 Å². The van der Waals surface area contributed by atoms with Crippen molar-refractivity contribution in [2.45, 2.75) is 12.1 Å². The molecular formula is C13H11ClN4OS. The molecule has 1 N–H and O–H groups in total. The molecule has 0 aliphatic rings. The van der Waals surface area contributed by atoms with Crippen LogP contribution in [-0.2, 0) is 0 Å². The number of H-pyrrole nitrogens is 1. The number of halogens is 1. The number of benzene rings is 1. The zero-order valence-electron chi connectivity index (χ0n) is 10.6. The number of thioether (sulfide) groups is 1. The number of fused-ring (bicyclic) bond motifs is 1. The largest absolute Gasteiger partial charge is 0.301 e. The van der Waals surface area contributed by atoms with E-state index >= 15 is 0 Å². The van der Waals surface area contributed by atoms with E-state index in [9.17, 15) is 4.79 Å². The Morgan fingerprint density at radius 1 is 1.35 bits per heavy atom. The average molecular weight is 307 g/mol. The van der Waals surface area contributed by atoms with Gasteiger partial charge in [-0.25, -0.2) is 9.67 Å². The number of aromatic amines is 1. The molecule has 0 unspecified atom stereocenters. The molecule has 2 heterocycles. The molecule has 0 aliphatic heterocycles. The first-order chi connectivity index (χ1) is 9.69. The minimum Gasteiger partial charge on any atom is -0.301 e. The van der Waals surface area contributed by atoms with Gasteiger partial charge in [0.15, 0.2) is 10.8 Å². The fourth-order valence-electron chi connectivity index (χ4n) is 1.87. The van der Waals surface area contributed by atoms with E-state index in [0.29, 0.717) is 21.2 Å². The molecule has 0 amide bonds. The van der Waals surface area contributed by atoms with Crippen molar-refractivity contribution < 1.29 is 0 Å². The highest BCUT2D eigenvalue weighted by Gasteiger charge is 2.11. The van der Waals surface area contributed by atoms with Gasteiger partial charge in [0.25, 0.3) is 5.56 Å². The number of aromatic nitrogens is 4. The minimum atomic E-state index is -0.175. The maximum atomic E-state index is 12.0. The normalized spacial score (nSPS) is 11.1. The first-order valence-corrected chi connectivity index (χ1v) is 7.42. The quantitative estimate of drug-likeness (QED) is 0.597. The smallest absolute Gasteiger partial charge is 0.262 e. The van der Waals surface area contributed by atoms with Crippen LogP contribution in [0, 0.1) is 0 Å². The third kappa shape index (κ3) is 2.32. The van der Waals surface area contributed by atoms with Crippen LogP contribution in [0.4, 0.5) is 0 Å². The molecule has 0 saturated heterocycles. The van der Waals surface area contributed by atoms with Gasteiger partial charge in [0.05, 0.1) is 11.9 Å². The molecule has 0 spiro atoms. The maximum Gasteiger partial charge on any atom is 0.262 e. The summed E-state index contributed by atoms with van der Waals surface area (Å²) in [6, 6.07) is 7.23. The zero-order chi connectivity index (χ0) is 14.1. The molecule has 7 heteroatoms. The number of hydrogen-bond donors (Lipinski definition) is 1. The Hall–Kier alpha value is -1.79. The van der Waals surface area contributed by atoms with E-state index in [1.165, 1.54) is 18.0 Å². The Balaban J connectivity index is 2.21. The number of hydrogen-bond acceptors (Lipinski definition) is 4. The van der Waals surface area contributed by atoms with E-state index in [-0.39, 0.29) is 5.56 Å². The molecule has 5 nitrogen and oxygen atoms in total. The van der Waals surface area contributed by atoms with Gasteiger partial charge in [0.2, 0.25) is 0 Å². The first-order valence-electron chi connectivity index (χ1n) is 6.06. The van der Waals surface area contributed by atoms with Crippen molar-refractivity contribution in [3.63, 3.8) is 0 Å². The second-order valence-electron chi connectivity index (χ2n) is 4.07. The standard InChI is InChI=1S/C13H11ClN4OS/c1-2-20-13-16-11-10(12(19)17-13)7-15-18(11)9-5-3-8(14)4-6-9/h3-7H,2H2,1H3,(H,16,17,19). The molecular weight excluding hydrogens is 296 g/mol. The fourth-order valence-corrected chi connectivity index (χ4v) is 2.59. The molecule has 3 rings (SSSR count). The van der Waals surface area contributed by atoms with E-state index in [1.54, 1.807) is 16.8 Å². The van der Waals surface area contributed by atoms with Gasteiger partial charge in [-0.1, -0.05) is 30.3 Å². The summed E-state index contributed by atoms with van der Waals surface area (Å²) in [5.41, 5.74) is 1.19. The van der Waals surface area contributed by atoms with Crippen LogP contribution in [0.15, 0.2) is 40.4 Å². The summed E-state index contributed by atoms with van der Waals surface area (Å²) in [6.07, 6.45) is 1.52. The Morgan fingerprint density at radius 3 is 2.80 bits per heavy atom. The zero-order valence-corrected chi connectivity index (χ0v) is 12.2. The predicted octanol–water partition coefficient (Wildman–Crippen LogP) is 2.87. The van der Waals surface area contributed by atoms with Crippen molar-refractivity contribution in [2.75, 3.05) is 5.75 Å². The van der Waals surface area contributed by atoms with E-state index in [0.717, 1.165) is 11.4 Å². The maximum absolute atomic E-state index is 12.0. The summed E-state index contributed by atoms with van der Waals surface area (Å²) < 4.78 is 1.64. The highest BCUT2D eigenvalue weighted by atomic mass is 35.5. The second kappa shape index (κ2) is 5.30. The summed E-state index contributed by atoms with van der Waals surface area (Å²) in [5.74, 6) is 0.837. The number of rotatable bonds is 3. The Labute approximate surface area is 124 Å². The van der Waals surface area contributed by atoms with E-state index in [2.05, 4.69) is 15.1 Å². The van der Waals surface area contributed by atoms with Gasteiger partial charge in [-0.3, -0.25) is 4.79 Å². The van der Waals surface area contributed by atoms with Crippen LogP contribution in [0.2, 0.25) is 5.02 Å². The molecule has 3 aromatic rings. The van der Waals surface area contributed by atoms with Gasteiger partial charge in [-0.2, -0.15) is 5.10 Å². The number of nitrogens with one attached hydrogen (secondary N) is 1. The van der Waals surface area contributed by atoms with Crippen LogP contribution in [0.1, 0.15) is 6.92 Å². The van der Waals surface area contributed by atoms with Gasteiger partial charge in [-0.05, 0) is 30.0 Å². The molecule has 0 saturated carbocycles. The van der Waals surface area contributed by atoms with Gasteiger partial charge in [0, 0.05) is 5.02 Å². The molecule has 0 aliphatic carbocycles. The third-order valence-corrected chi connectivity index (χ3v) is 3.78. The van der Waals surface area contributed by atoms with E-state index in [4.69, 9.17) is 11.6 Å². The summed E-state index contributed by atoms with van der Waals surface area (Å²) in [4.78, 5) is 19.2. The van der Waals surface area contributed by atoms with Crippen molar-refractivity contribution in [2.24, 2.45) is 0 Å². The van der Waals surface area contributed by atoms with Crippen molar-refractivity contribution in [1.82, 2.24) is 19.7 Å². The molecule has 102 valence electrons. The summed E-state index contributed by atoms with van der Waals surface area (Å²) in [5, 5.41) is 5.96. The second-order valence-corrected chi connectivity index (χ2v) is 5.76. The van der Waals surface area contributed by atoms with Crippen molar-refractivity contribution in [1.29, 1.82) is 0 Å². The minimum absolute atomic E-state index is 0.175. The van der Waals surface area contributed by atoms with Crippen LogP contribution in [-0.4, -0.2) is 25.5 Å². The summed E-state index contributed by atoms with van der Waals surface area (Å²) >= 11 is 7.36. The Bertz CT molecular complexity index is 809. The predicted molar refractivity (Wildman–Crippen MR) is 80.9 cm³/mol. The topological polar surface area (TPSA) is 63.6 Å². The van der Waals surface area contributed by atoms with Crippen molar-refractivity contribution >= 4 is 34.4 Å². The molecule has 0 atom stereocenters. The lowest BCUT2D eigenvalue weighted by atomic mass is 10.3. The molecule has 0 radical (unpaired) electrons. The molecule has 20 heavy (non-hydrogen) atoms. The third-order valence-electron chi connectivity index (χ3n) is 2.77. The highest BCUT2D eigenvalue weighted by Crippen LogP contribution is 2.18. The Morgan fingerprint density at radius 2 is 2.10 bits per heavy atom. The summed E-state index contributed by atoms with van der Waals surface area (Å²) in [7, 11) is 0. The van der Waals surface area contributed by atoms with Gasteiger partial charge in [-0.15, -0.1) is 0 Å². The fraction of sp³-hybridized carbons (Fsp3) is 0.154. The number of nitrogens with zero attached hydrogens (tertiary/aromatic N) is 3. The SMILES string of the molecule is CCSc1nc2c(cnn2-c2ccc(Cl)cc2)c(=O)[nH]1. The van der Waals surface area contributed by atoms with Crippen LogP contribution >= 0.6 is 23.4 Å². The molecule has 1 aromatic carbocycles. The van der Waals surface area contributed by atoms with Crippen molar-refractivity contribution in [3.05, 3.63) is 45.8 Å². The van der Waals surface area contributed by atoms with E-state index < -0.39 is 0 Å². The highest BCUT2D eigenvalue weighted by molar-refractivity contribution is 7.99. The van der Waals surface area contributed by atoms with Gasteiger partial charge in [0.1, 0.15) is 5.39 Å². The van der Waals surface area contributed by atoms with Crippen LogP contribution < -0.4 is 5.56 Å². The lowest BCUT2D eigenvalue weighted by molar-refractivity contribution is 0.873. The first kappa shape index (κ1) is 13.2. The summed E-state index contributed by atoms with van der Waals surface area (Å²) in [6.45, 7) is 2.01. The monoisotopic (exact) mass is 306 g/mol. The Kier molecular flexibility index (Phi) is 3.50. The molecule has 0 fully saturated rings. The molecule has 0 bridgehead atoms. The van der Waals surface area contributed by atoms with Crippen LogP contribution in [0.25, 0.3) is 16.7 Å². The van der Waals surface area contributed by atoms with Crippen LogP contribution in [0.5, 0.6) is 0 Å².